The van der Waals surface area contributed by atoms with E-state index in [1.807, 2.05) is 120 Å². The topological polar surface area (TPSA) is 132 Å². The third-order valence-electron chi connectivity index (χ3n) is 14.8. The van der Waals surface area contributed by atoms with E-state index >= 15 is 0 Å². The Bertz CT molecular complexity index is 2390. The Hall–Kier alpha value is -5.40. The molecule has 0 unspecified atom stereocenters. The minimum absolute atomic E-state index is 0.00519. The maximum absolute atomic E-state index is 13.6. The summed E-state index contributed by atoms with van der Waals surface area (Å²) in [5.74, 6) is -0.104. The SMILES string of the molecule is C/C=C/c1ccc2n(c1=O)C[C@@H]1[C@@H](CO)[C@H](C(=O)N3CCc4ccccc4C3)N(C)[C@H]21.C/C=C\c1ccc2n(c1=O)C[C@@H]1[C@@H](CO)[C@H](C(=O)N3CCc4ccccc4C3)N(C)[C@H]21. The number of rotatable bonds is 6. The number of hydrogen-bond acceptors (Lipinski definition) is 8. The second kappa shape index (κ2) is 17.0. The molecule has 2 aromatic carbocycles. The predicted molar refractivity (Wildman–Crippen MR) is 239 cm³/mol. The second-order valence-corrected chi connectivity index (χ2v) is 17.9. The predicted octanol–water partition coefficient (Wildman–Crippen LogP) is 4.12. The Labute approximate surface area is 363 Å². The lowest BCUT2D eigenvalue weighted by atomic mass is 9.87. The fraction of sp³-hybridized carbons (Fsp3) is 0.440. The largest absolute Gasteiger partial charge is 0.396 e. The van der Waals surface area contributed by atoms with Crippen LogP contribution in [0.2, 0.25) is 0 Å². The lowest BCUT2D eigenvalue weighted by Gasteiger charge is -2.35. The van der Waals surface area contributed by atoms with Crippen molar-refractivity contribution in [2.75, 3.05) is 40.4 Å². The van der Waals surface area contributed by atoms with Crippen LogP contribution in [0.4, 0.5) is 0 Å². The van der Waals surface area contributed by atoms with Crippen molar-refractivity contribution in [1.82, 2.24) is 28.7 Å². The van der Waals surface area contributed by atoms with Crippen molar-refractivity contribution in [3.8, 4) is 0 Å². The fourth-order valence-corrected chi connectivity index (χ4v) is 11.9. The Morgan fingerprint density at radius 2 is 0.984 bits per heavy atom. The first-order valence-electron chi connectivity index (χ1n) is 22.2. The molecule has 2 saturated heterocycles. The monoisotopic (exact) mass is 838 g/mol. The maximum Gasteiger partial charge on any atom is 0.258 e. The summed E-state index contributed by atoms with van der Waals surface area (Å²) in [7, 11) is 3.93. The van der Waals surface area contributed by atoms with E-state index in [0.29, 0.717) is 50.4 Å². The van der Waals surface area contributed by atoms with Crippen LogP contribution in [0.1, 0.15) is 70.7 Å². The highest BCUT2D eigenvalue weighted by Crippen LogP contribution is 2.50. The van der Waals surface area contributed by atoms with E-state index in [2.05, 4.69) is 34.1 Å². The molecule has 6 aliphatic heterocycles. The molecule has 0 aliphatic carbocycles. The van der Waals surface area contributed by atoms with Crippen molar-refractivity contribution < 1.29 is 19.8 Å². The van der Waals surface area contributed by atoms with Gasteiger partial charge in [0, 0.05) is 98.7 Å². The van der Waals surface area contributed by atoms with Crippen molar-refractivity contribution in [1.29, 1.82) is 0 Å². The van der Waals surface area contributed by atoms with Crippen molar-refractivity contribution in [3.05, 3.63) is 150 Å². The van der Waals surface area contributed by atoms with Crippen molar-refractivity contribution in [3.63, 3.8) is 0 Å². The van der Waals surface area contributed by atoms with E-state index in [0.717, 1.165) is 24.2 Å². The number of likely N-dealkylation sites (N-methyl/N-ethyl adjacent to an activating group) is 2. The van der Waals surface area contributed by atoms with Crippen LogP contribution in [-0.2, 0) is 48.6 Å². The van der Waals surface area contributed by atoms with Gasteiger partial charge >= 0.3 is 0 Å². The van der Waals surface area contributed by atoms with E-state index < -0.39 is 0 Å². The molecule has 0 radical (unpaired) electrons. The molecule has 4 aromatic rings. The number of aliphatic hydroxyl groups excluding tert-OH is 2. The molecule has 8 atom stereocenters. The van der Waals surface area contributed by atoms with Crippen molar-refractivity contribution >= 4 is 24.0 Å². The molecule has 2 aromatic heterocycles. The van der Waals surface area contributed by atoms with Gasteiger partial charge in [0.15, 0.2) is 0 Å². The molecule has 324 valence electrons. The quantitative estimate of drug-likeness (QED) is 0.297. The number of carbonyl (C=O) groups excluding carboxylic acids is 2. The number of likely N-dealkylation sites (tertiary alicyclic amines) is 2. The number of allylic oxidation sites excluding steroid dienone is 2. The average Bonchev–Trinajstić information content (AvgIpc) is 4.02. The van der Waals surface area contributed by atoms with Crippen LogP contribution in [0.25, 0.3) is 12.2 Å². The van der Waals surface area contributed by atoms with Crippen LogP contribution in [0.15, 0.2) is 94.5 Å². The van der Waals surface area contributed by atoms with Gasteiger partial charge in [-0.25, -0.2) is 0 Å². The van der Waals surface area contributed by atoms with Crippen LogP contribution in [0, 0.1) is 23.7 Å². The van der Waals surface area contributed by atoms with E-state index in [1.54, 1.807) is 0 Å². The summed E-state index contributed by atoms with van der Waals surface area (Å²) >= 11 is 0. The van der Waals surface area contributed by atoms with Gasteiger partial charge in [-0.3, -0.25) is 29.0 Å². The third-order valence-corrected chi connectivity index (χ3v) is 14.8. The highest BCUT2D eigenvalue weighted by atomic mass is 16.3. The van der Waals surface area contributed by atoms with Crippen LogP contribution in [0.3, 0.4) is 0 Å². The Morgan fingerprint density at radius 1 is 0.597 bits per heavy atom. The molecule has 0 bridgehead atoms. The van der Waals surface area contributed by atoms with Crippen LogP contribution >= 0.6 is 0 Å². The van der Waals surface area contributed by atoms with Gasteiger partial charge in [0.25, 0.3) is 11.1 Å². The number of nitrogens with zero attached hydrogens (tertiary/aromatic N) is 6. The van der Waals surface area contributed by atoms with Gasteiger partial charge in [-0.1, -0.05) is 72.8 Å². The zero-order valence-corrected chi connectivity index (χ0v) is 36.1. The summed E-state index contributed by atoms with van der Waals surface area (Å²) in [6.07, 6.45) is 9.12. The minimum Gasteiger partial charge on any atom is -0.396 e. The molecule has 10 rings (SSSR count). The number of fused-ring (bicyclic) bond motifs is 8. The molecule has 62 heavy (non-hydrogen) atoms. The van der Waals surface area contributed by atoms with Crippen LogP contribution < -0.4 is 11.1 Å². The molecule has 12 heteroatoms. The van der Waals surface area contributed by atoms with Gasteiger partial charge in [0.05, 0.1) is 24.2 Å². The molecule has 2 fully saturated rings. The summed E-state index contributed by atoms with van der Waals surface area (Å²) in [6, 6.07) is 23.5. The Morgan fingerprint density at radius 3 is 1.35 bits per heavy atom. The van der Waals surface area contributed by atoms with Gasteiger partial charge in [0.1, 0.15) is 0 Å². The smallest absolute Gasteiger partial charge is 0.258 e. The first-order chi connectivity index (χ1) is 30.1. The second-order valence-electron chi connectivity index (χ2n) is 17.9. The van der Waals surface area contributed by atoms with E-state index in [1.165, 1.54) is 22.3 Å². The number of aromatic nitrogens is 2. The zero-order chi connectivity index (χ0) is 43.4. The van der Waals surface area contributed by atoms with Gasteiger partial charge < -0.3 is 29.1 Å². The summed E-state index contributed by atoms with van der Waals surface area (Å²) in [4.78, 5) is 61.2. The minimum atomic E-state index is -0.371. The normalized spacial score (nSPS) is 27.4. The molecule has 6 aliphatic rings. The van der Waals surface area contributed by atoms with E-state index in [-0.39, 0.29) is 84.0 Å². The van der Waals surface area contributed by atoms with E-state index in [9.17, 15) is 29.4 Å². The van der Waals surface area contributed by atoms with Crippen LogP contribution in [0.5, 0.6) is 0 Å². The zero-order valence-electron chi connectivity index (χ0n) is 36.1. The first kappa shape index (κ1) is 41.9. The Balaban J connectivity index is 0.000000158. The number of amides is 2. The maximum atomic E-state index is 13.6. The summed E-state index contributed by atoms with van der Waals surface area (Å²) in [5.41, 5.74) is 8.29. The molecule has 12 nitrogen and oxygen atoms in total. The molecular formula is C50H58N6O6. The standard InChI is InChI=1S/2C25H29N3O3/c2*1-3-6-17-9-10-21-22-19(14-28(21)24(17)30)20(15-29)23(26(22)2)25(31)27-12-11-16-7-4-5-8-18(16)13-27/h2*3-10,19-20,22-23,29H,11-15H2,1-2H3/b6-3+;6-3-/t2*19-,20-,22+,23-/m11/s1. The highest BCUT2D eigenvalue weighted by Gasteiger charge is 2.56. The summed E-state index contributed by atoms with van der Waals surface area (Å²) in [5, 5.41) is 20.6. The van der Waals surface area contributed by atoms with Gasteiger partial charge in [-0.15, -0.1) is 0 Å². The number of pyridine rings is 2. The van der Waals surface area contributed by atoms with Crippen molar-refractivity contribution in [2.45, 2.75) is 77.0 Å². The van der Waals surface area contributed by atoms with Gasteiger partial charge in [-0.2, -0.15) is 0 Å². The number of benzene rings is 2. The first-order valence-corrected chi connectivity index (χ1v) is 22.2. The number of aliphatic hydroxyl groups is 2. The molecular weight excluding hydrogens is 781 g/mol. The van der Waals surface area contributed by atoms with Crippen LogP contribution in [-0.4, -0.2) is 103 Å². The highest BCUT2D eigenvalue weighted by molar-refractivity contribution is 5.84. The van der Waals surface area contributed by atoms with E-state index in [4.69, 9.17) is 0 Å². The lowest BCUT2D eigenvalue weighted by molar-refractivity contribution is -0.139. The fourth-order valence-electron chi connectivity index (χ4n) is 11.9. The number of carbonyl (C=O) groups is 2. The molecule has 0 spiro atoms. The van der Waals surface area contributed by atoms with Gasteiger partial charge in [0.2, 0.25) is 11.8 Å². The summed E-state index contributed by atoms with van der Waals surface area (Å²) < 4.78 is 3.67. The lowest BCUT2D eigenvalue weighted by Crippen LogP contribution is -2.50. The number of hydrogen-bond donors (Lipinski definition) is 2. The van der Waals surface area contributed by atoms with Gasteiger partial charge in [-0.05, 0) is 87.3 Å². The molecule has 8 heterocycles. The third kappa shape index (κ3) is 6.92. The molecule has 2 N–H and O–H groups in total. The average molecular weight is 839 g/mol. The summed E-state index contributed by atoms with van der Waals surface area (Å²) in [6.45, 7) is 7.43. The van der Waals surface area contributed by atoms with Crippen molar-refractivity contribution in [2.24, 2.45) is 23.7 Å². The molecule has 2 amide bonds. The Kier molecular flexibility index (Phi) is 11.5. The molecule has 0 saturated carbocycles.